The second kappa shape index (κ2) is 9.65. The molecule has 0 bridgehead atoms. The average molecular weight is 410 g/mol. The molecule has 1 saturated carbocycles. The highest BCUT2D eigenvalue weighted by Gasteiger charge is 2.23. The van der Waals surface area contributed by atoms with Gasteiger partial charge in [-0.2, -0.15) is 10.1 Å². The fourth-order valence-corrected chi connectivity index (χ4v) is 3.31. The van der Waals surface area contributed by atoms with Gasteiger partial charge in [0.05, 0.1) is 11.9 Å². The van der Waals surface area contributed by atoms with Gasteiger partial charge in [-0.25, -0.2) is 4.98 Å². The van der Waals surface area contributed by atoms with Crippen LogP contribution in [-0.2, 0) is 0 Å². The molecule has 1 aliphatic carbocycles. The number of benzene rings is 1. The molecule has 0 radical (unpaired) electrons. The SMILES string of the molecule is N=C/C=N\Nc1cc(N)cc(Nc2nc(N[C@@H]3CCCC[C@@H]3N)ncc2C(N)=O)c1. The van der Waals surface area contributed by atoms with Gasteiger partial charge in [-0.1, -0.05) is 12.8 Å². The Morgan fingerprint density at radius 1 is 1.23 bits per heavy atom. The number of nitrogens with two attached hydrogens (primary N) is 3. The van der Waals surface area contributed by atoms with Crippen molar-refractivity contribution in [2.75, 3.05) is 21.8 Å². The molecule has 2 aromatic rings. The summed E-state index contributed by atoms with van der Waals surface area (Å²) in [6.45, 7) is 0. The van der Waals surface area contributed by atoms with E-state index in [4.69, 9.17) is 22.6 Å². The molecule has 0 aliphatic heterocycles. The molecular weight excluding hydrogens is 384 g/mol. The Morgan fingerprint density at radius 2 is 2.00 bits per heavy atom. The number of amides is 1. The molecule has 0 unspecified atom stereocenters. The Balaban J connectivity index is 1.85. The van der Waals surface area contributed by atoms with Crippen LogP contribution in [0.1, 0.15) is 36.0 Å². The summed E-state index contributed by atoms with van der Waals surface area (Å²) in [6.07, 6.45) is 7.81. The molecule has 11 heteroatoms. The number of primary amides is 1. The average Bonchev–Trinajstić information content (AvgIpc) is 2.69. The molecule has 11 nitrogen and oxygen atoms in total. The first-order chi connectivity index (χ1) is 14.5. The van der Waals surface area contributed by atoms with E-state index in [9.17, 15) is 4.79 Å². The maximum Gasteiger partial charge on any atom is 0.254 e. The number of anilines is 5. The lowest BCUT2D eigenvalue weighted by Crippen LogP contribution is -2.43. The largest absolute Gasteiger partial charge is 0.399 e. The van der Waals surface area contributed by atoms with Gasteiger partial charge in [0.2, 0.25) is 5.95 Å². The maximum absolute atomic E-state index is 11.9. The fourth-order valence-electron chi connectivity index (χ4n) is 3.31. The topological polar surface area (TPSA) is 193 Å². The number of carbonyl (C=O) groups excluding carboxylic acids is 1. The number of nitrogens with one attached hydrogen (secondary N) is 4. The number of hydrogen-bond donors (Lipinski definition) is 7. The molecule has 1 aromatic heterocycles. The van der Waals surface area contributed by atoms with E-state index < -0.39 is 5.91 Å². The molecule has 0 saturated heterocycles. The summed E-state index contributed by atoms with van der Waals surface area (Å²) in [4.78, 5) is 20.5. The molecule has 1 fully saturated rings. The second-order valence-electron chi connectivity index (χ2n) is 7.04. The Kier molecular flexibility index (Phi) is 6.75. The Labute approximate surface area is 174 Å². The lowest BCUT2D eigenvalue weighted by Gasteiger charge is -2.29. The van der Waals surface area contributed by atoms with E-state index in [2.05, 4.69) is 31.1 Å². The smallest absolute Gasteiger partial charge is 0.254 e. The van der Waals surface area contributed by atoms with Gasteiger partial charge in [0, 0.05) is 35.9 Å². The van der Waals surface area contributed by atoms with E-state index >= 15 is 0 Å². The van der Waals surface area contributed by atoms with E-state index in [0.717, 1.165) is 31.9 Å². The first-order valence-electron chi connectivity index (χ1n) is 9.61. The van der Waals surface area contributed by atoms with Crippen molar-refractivity contribution in [3.63, 3.8) is 0 Å². The number of hydrazone groups is 1. The summed E-state index contributed by atoms with van der Waals surface area (Å²) >= 11 is 0. The maximum atomic E-state index is 11.9. The minimum absolute atomic E-state index is 0.0265. The summed E-state index contributed by atoms with van der Waals surface area (Å²) in [5.41, 5.74) is 22.2. The van der Waals surface area contributed by atoms with Crippen LogP contribution in [0.3, 0.4) is 0 Å². The van der Waals surface area contributed by atoms with Crippen LogP contribution in [-0.4, -0.2) is 40.4 Å². The Bertz CT molecular complexity index is 945. The van der Waals surface area contributed by atoms with Crippen molar-refractivity contribution in [2.45, 2.75) is 37.8 Å². The highest BCUT2D eigenvalue weighted by atomic mass is 16.1. The van der Waals surface area contributed by atoms with Crippen LogP contribution < -0.4 is 33.3 Å². The van der Waals surface area contributed by atoms with Gasteiger partial charge in [0.15, 0.2) is 0 Å². The van der Waals surface area contributed by atoms with Crippen molar-refractivity contribution in [1.82, 2.24) is 9.97 Å². The highest BCUT2D eigenvalue weighted by molar-refractivity contribution is 6.14. The van der Waals surface area contributed by atoms with Gasteiger partial charge in [-0.3, -0.25) is 10.2 Å². The normalized spacial score (nSPS) is 18.7. The molecule has 1 heterocycles. The van der Waals surface area contributed by atoms with E-state index in [1.165, 1.54) is 12.4 Å². The predicted molar refractivity (Wildman–Crippen MR) is 119 cm³/mol. The number of aromatic nitrogens is 2. The van der Waals surface area contributed by atoms with E-state index in [1.807, 2.05) is 0 Å². The summed E-state index contributed by atoms with van der Waals surface area (Å²) in [5, 5.41) is 17.2. The van der Waals surface area contributed by atoms with E-state index in [0.29, 0.717) is 23.0 Å². The third-order valence-electron chi connectivity index (χ3n) is 4.75. The minimum atomic E-state index is -0.656. The van der Waals surface area contributed by atoms with Gasteiger partial charge >= 0.3 is 0 Å². The number of hydrogen-bond acceptors (Lipinski definition) is 10. The summed E-state index contributed by atoms with van der Waals surface area (Å²) in [5.74, 6) is -0.0390. The van der Waals surface area contributed by atoms with Crippen molar-refractivity contribution in [3.05, 3.63) is 30.0 Å². The lowest BCUT2D eigenvalue weighted by molar-refractivity contribution is 0.100. The monoisotopic (exact) mass is 410 g/mol. The van der Waals surface area contributed by atoms with Gasteiger partial charge < -0.3 is 33.2 Å². The molecule has 0 spiro atoms. The van der Waals surface area contributed by atoms with Crippen molar-refractivity contribution >= 4 is 47.2 Å². The third-order valence-corrected chi connectivity index (χ3v) is 4.75. The van der Waals surface area contributed by atoms with Crippen LogP contribution in [0.2, 0.25) is 0 Å². The summed E-state index contributed by atoms with van der Waals surface area (Å²) in [6, 6.07) is 5.19. The molecule has 1 amide bonds. The van der Waals surface area contributed by atoms with Gasteiger partial charge in [0.1, 0.15) is 11.4 Å². The van der Waals surface area contributed by atoms with Crippen LogP contribution in [0.5, 0.6) is 0 Å². The molecule has 3 rings (SSSR count). The third kappa shape index (κ3) is 5.41. The van der Waals surface area contributed by atoms with Crippen molar-refractivity contribution in [2.24, 2.45) is 16.6 Å². The molecule has 30 heavy (non-hydrogen) atoms. The van der Waals surface area contributed by atoms with Crippen molar-refractivity contribution in [3.8, 4) is 0 Å². The van der Waals surface area contributed by atoms with Gasteiger partial charge in [-0.15, -0.1) is 0 Å². The minimum Gasteiger partial charge on any atom is -0.399 e. The first-order valence-corrected chi connectivity index (χ1v) is 9.61. The summed E-state index contributed by atoms with van der Waals surface area (Å²) in [7, 11) is 0. The molecular formula is C19H26N10O. The molecule has 2 atom stereocenters. The van der Waals surface area contributed by atoms with E-state index in [1.54, 1.807) is 18.2 Å². The fraction of sp³-hybridized carbons (Fsp3) is 0.316. The summed E-state index contributed by atoms with van der Waals surface area (Å²) < 4.78 is 0. The van der Waals surface area contributed by atoms with Crippen LogP contribution >= 0.6 is 0 Å². The number of carbonyl (C=O) groups is 1. The quantitative estimate of drug-likeness (QED) is 0.194. The molecule has 10 N–H and O–H groups in total. The number of nitrogens with zero attached hydrogens (tertiary/aromatic N) is 3. The zero-order valence-electron chi connectivity index (χ0n) is 16.4. The lowest BCUT2D eigenvalue weighted by atomic mass is 9.91. The highest BCUT2D eigenvalue weighted by Crippen LogP contribution is 2.26. The van der Waals surface area contributed by atoms with Gasteiger partial charge in [-0.05, 0) is 31.0 Å². The van der Waals surface area contributed by atoms with Crippen LogP contribution in [0.15, 0.2) is 29.5 Å². The second-order valence-corrected chi connectivity index (χ2v) is 7.04. The number of rotatable bonds is 8. The molecule has 1 aromatic carbocycles. The number of nitrogen functional groups attached to an aromatic ring is 1. The molecule has 1 aliphatic rings. The van der Waals surface area contributed by atoms with Crippen molar-refractivity contribution in [1.29, 1.82) is 5.41 Å². The Morgan fingerprint density at radius 3 is 2.73 bits per heavy atom. The van der Waals surface area contributed by atoms with Crippen LogP contribution in [0.25, 0.3) is 0 Å². The predicted octanol–water partition coefficient (Wildman–Crippen LogP) is 1.63. The zero-order chi connectivity index (χ0) is 21.5. The Hall–Kier alpha value is -3.73. The van der Waals surface area contributed by atoms with Crippen molar-refractivity contribution < 1.29 is 4.79 Å². The van der Waals surface area contributed by atoms with E-state index in [-0.39, 0.29) is 23.5 Å². The van der Waals surface area contributed by atoms with Crippen LogP contribution in [0.4, 0.5) is 28.8 Å². The van der Waals surface area contributed by atoms with Gasteiger partial charge in [0.25, 0.3) is 5.91 Å². The molecule has 158 valence electrons. The van der Waals surface area contributed by atoms with Crippen LogP contribution in [0, 0.1) is 5.41 Å². The first kappa shape index (κ1) is 21.0. The standard InChI is InChI=1S/C19H26N10O/c20-5-6-25-29-13-8-11(21)7-12(9-13)26-18-14(17(23)30)10-24-19(28-18)27-16-4-2-1-3-15(16)22/h5-10,15-16,20,29H,1-4,21-22H2,(H2,23,30)(H2,24,26,27,28)/b20-5?,25-6-/t15-,16+/m0/s1. The zero-order valence-corrected chi connectivity index (χ0v) is 16.4.